The third-order valence-electron chi connectivity index (χ3n) is 2.45. The first-order valence-electron chi connectivity index (χ1n) is 4.62. The van der Waals surface area contributed by atoms with Gasteiger partial charge in [-0.05, 0) is 40.2 Å². The lowest BCUT2D eigenvalue weighted by Gasteiger charge is -1.95. The molecule has 0 aliphatic carbocycles. The molecule has 4 heteroatoms. The number of halogens is 3. The summed E-state index contributed by atoms with van der Waals surface area (Å²) in [6, 6.07) is 9.65. The van der Waals surface area contributed by atoms with E-state index in [9.17, 15) is 0 Å². The zero-order valence-corrected chi connectivity index (χ0v) is 11.9. The summed E-state index contributed by atoms with van der Waals surface area (Å²) >= 11 is 13.0. The van der Waals surface area contributed by atoms with Gasteiger partial charge in [-0.3, -0.25) is 0 Å². The fraction of sp³-hybridized carbons (Fsp3) is 0. The van der Waals surface area contributed by atoms with Crippen LogP contribution in [0.1, 0.15) is 0 Å². The molecule has 0 unspecified atom stereocenters. The third-order valence-corrected chi connectivity index (χ3v) is 3.79. The van der Waals surface area contributed by atoms with E-state index in [1.54, 1.807) is 0 Å². The molecule has 1 aromatic heterocycles. The van der Waals surface area contributed by atoms with Crippen LogP contribution in [0, 0.1) is 0 Å². The summed E-state index contributed by atoms with van der Waals surface area (Å²) in [6.07, 6.45) is 0. The maximum Gasteiger partial charge on any atom is 0.138 e. The largest absolute Gasteiger partial charge is 0.456 e. The molecule has 0 aliphatic rings. The predicted molar refractivity (Wildman–Crippen MR) is 74.1 cm³/mol. The second kappa shape index (κ2) is 3.76. The van der Waals surface area contributed by atoms with E-state index in [1.165, 1.54) is 0 Å². The van der Waals surface area contributed by atoms with Crippen molar-refractivity contribution in [2.45, 2.75) is 0 Å². The van der Waals surface area contributed by atoms with Crippen LogP contribution in [0.3, 0.4) is 0 Å². The quantitative estimate of drug-likeness (QED) is 0.496. The maximum absolute atomic E-state index is 5.98. The molecule has 0 saturated carbocycles. The predicted octanol–water partition coefficient (Wildman–Crippen LogP) is 5.76. The van der Waals surface area contributed by atoms with Gasteiger partial charge in [-0.2, -0.15) is 0 Å². The Hall–Kier alpha value is -0.510. The minimum Gasteiger partial charge on any atom is -0.456 e. The molecule has 16 heavy (non-hydrogen) atoms. The Kier molecular flexibility index (Phi) is 2.50. The summed E-state index contributed by atoms with van der Waals surface area (Å²) in [5, 5.41) is 2.80. The highest BCUT2D eigenvalue weighted by Crippen LogP contribution is 2.37. The van der Waals surface area contributed by atoms with E-state index < -0.39 is 0 Å². The van der Waals surface area contributed by atoms with E-state index in [4.69, 9.17) is 16.0 Å². The Morgan fingerprint density at radius 2 is 1.81 bits per heavy atom. The Morgan fingerprint density at radius 1 is 1.00 bits per heavy atom. The third kappa shape index (κ3) is 1.58. The number of fused-ring (bicyclic) bond motifs is 3. The van der Waals surface area contributed by atoms with Crippen LogP contribution in [0.15, 0.2) is 43.7 Å². The Balaban J connectivity index is 2.57. The van der Waals surface area contributed by atoms with Crippen molar-refractivity contribution in [1.29, 1.82) is 0 Å². The molecular weight excluding hydrogens is 355 g/mol. The van der Waals surface area contributed by atoms with Gasteiger partial charge >= 0.3 is 0 Å². The minimum atomic E-state index is 0.664. The van der Waals surface area contributed by atoms with Gasteiger partial charge in [-0.25, -0.2) is 0 Å². The Morgan fingerprint density at radius 3 is 2.62 bits per heavy atom. The fourth-order valence-electron chi connectivity index (χ4n) is 1.80. The number of furan rings is 1. The summed E-state index contributed by atoms with van der Waals surface area (Å²) in [7, 11) is 0. The summed E-state index contributed by atoms with van der Waals surface area (Å²) in [5.74, 6) is 0. The topological polar surface area (TPSA) is 13.1 Å². The van der Waals surface area contributed by atoms with Crippen LogP contribution in [0.5, 0.6) is 0 Å². The van der Waals surface area contributed by atoms with Gasteiger partial charge in [0.15, 0.2) is 0 Å². The fourth-order valence-corrected chi connectivity index (χ4v) is 3.15. The van der Waals surface area contributed by atoms with Crippen LogP contribution in [0.25, 0.3) is 21.9 Å². The van der Waals surface area contributed by atoms with Gasteiger partial charge in [-0.15, -0.1) is 0 Å². The van der Waals surface area contributed by atoms with Crippen molar-refractivity contribution in [3.63, 3.8) is 0 Å². The van der Waals surface area contributed by atoms with Crippen molar-refractivity contribution in [3.8, 4) is 0 Å². The lowest BCUT2D eigenvalue weighted by molar-refractivity contribution is 0.669. The average molecular weight is 360 g/mol. The van der Waals surface area contributed by atoms with Crippen LogP contribution in [0.2, 0.25) is 5.02 Å². The first kappa shape index (κ1) is 10.6. The molecule has 3 rings (SSSR count). The molecule has 0 saturated heterocycles. The van der Waals surface area contributed by atoms with Gasteiger partial charge in [-0.1, -0.05) is 27.5 Å². The molecule has 0 bridgehead atoms. The van der Waals surface area contributed by atoms with Crippen molar-refractivity contribution in [2.75, 3.05) is 0 Å². The van der Waals surface area contributed by atoms with Crippen molar-refractivity contribution in [3.05, 3.63) is 44.3 Å². The van der Waals surface area contributed by atoms with E-state index in [0.29, 0.717) is 5.02 Å². The molecule has 3 aromatic rings. The average Bonchev–Trinajstić information content (AvgIpc) is 2.54. The summed E-state index contributed by atoms with van der Waals surface area (Å²) in [5.41, 5.74) is 1.66. The molecule has 0 amide bonds. The smallest absolute Gasteiger partial charge is 0.138 e. The van der Waals surface area contributed by atoms with E-state index in [1.807, 2.05) is 30.3 Å². The molecule has 1 heterocycles. The van der Waals surface area contributed by atoms with Gasteiger partial charge < -0.3 is 4.42 Å². The van der Waals surface area contributed by atoms with Crippen molar-refractivity contribution < 1.29 is 4.42 Å². The van der Waals surface area contributed by atoms with Crippen molar-refractivity contribution in [1.82, 2.24) is 0 Å². The molecule has 0 fully saturated rings. The molecular formula is C12H5Br2ClO. The van der Waals surface area contributed by atoms with Crippen molar-refractivity contribution >= 4 is 65.4 Å². The second-order valence-corrected chi connectivity index (χ2v) is 5.71. The van der Waals surface area contributed by atoms with Gasteiger partial charge in [0.05, 0.1) is 0 Å². The number of benzene rings is 2. The number of rotatable bonds is 0. The van der Waals surface area contributed by atoms with Gasteiger partial charge in [0.2, 0.25) is 0 Å². The zero-order chi connectivity index (χ0) is 11.3. The molecule has 0 atom stereocenters. The lowest BCUT2D eigenvalue weighted by atomic mass is 10.1. The van der Waals surface area contributed by atoms with Gasteiger partial charge in [0, 0.05) is 30.8 Å². The first-order chi connectivity index (χ1) is 7.65. The van der Waals surface area contributed by atoms with Crippen LogP contribution in [0.4, 0.5) is 0 Å². The summed E-state index contributed by atoms with van der Waals surface area (Å²) < 4.78 is 7.72. The van der Waals surface area contributed by atoms with E-state index in [2.05, 4.69) is 31.9 Å². The Labute approximate surface area is 114 Å². The normalized spacial score (nSPS) is 11.4. The number of hydrogen-bond acceptors (Lipinski definition) is 1. The minimum absolute atomic E-state index is 0.664. The molecule has 2 aromatic carbocycles. The zero-order valence-electron chi connectivity index (χ0n) is 7.93. The highest BCUT2D eigenvalue weighted by molar-refractivity contribution is 9.11. The maximum atomic E-state index is 5.98. The van der Waals surface area contributed by atoms with E-state index in [0.717, 1.165) is 30.9 Å². The van der Waals surface area contributed by atoms with Gasteiger partial charge in [0.25, 0.3) is 0 Å². The van der Waals surface area contributed by atoms with Crippen molar-refractivity contribution in [2.24, 2.45) is 0 Å². The molecule has 0 radical (unpaired) electrons. The molecule has 0 aliphatic heterocycles. The van der Waals surface area contributed by atoms with Crippen LogP contribution in [-0.4, -0.2) is 0 Å². The highest BCUT2D eigenvalue weighted by Gasteiger charge is 2.11. The Bertz CT molecular complexity index is 703. The SMILES string of the molecule is Clc1cc(Br)c2c(c1)oc1ccc(Br)cc12. The summed E-state index contributed by atoms with van der Waals surface area (Å²) in [6.45, 7) is 0. The molecule has 80 valence electrons. The summed E-state index contributed by atoms with van der Waals surface area (Å²) in [4.78, 5) is 0. The lowest BCUT2D eigenvalue weighted by Crippen LogP contribution is -1.71. The first-order valence-corrected chi connectivity index (χ1v) is 6.58. The molecule has 0 spiro atoms. The van der Waals surface area contributed by atoms with E-state index >= 15 is 0 Å². The number of hydrogen-bond donors (Lipinski definition) is 0. The molecule has 0 N–H and O–H groups in total. The van der Waals surface area contributed by atoms with Gasteiger partial charge in [0.1, 0.15) is 11.2 Å². The highest BCUT2D eigenvalue weighted by atomic mass is 79.9. The second-order valence-electron chi connectivity index (χ2n) is 3.50. The molecule has 1 nitrogen and oxygen atoms in total. The monoisotopic (exact) mass is 358 g/mol. The van der Waals surface area contributed by atoms with Crippen LogP contribution >= 0.6 is 43.5 Å². The van der Waals surface area contributed by atoms with Crippen LogP contribution in [-0.2, 0) is 0 Å². The van der Waals surface area contributed by atoms with Crippen LogP contribution < -0.4 is 0 Å². The van der Waals surface area contributed by atoms with E-state index in [-0.39, 0.29) is 0 Å². The standard InChI is InChI=1S/C12H5Br2ClO/c13-6-1-2-10-8(3-6)12-9(14)4-7(15)5-11(12)16-10/h1-5H.